The molecule has 0 heterocycles. The average molecular weight is 293 g/mol. The van der Waals surface area contributed by atoms with Crippen molar-refractivity contribution < 1.29 is 14.3 Å². The van der Waals surface area contributed by atoms with Crippen LogP contribution in [0.4, 0.5) is 0 Å². The van der Waals surface area contributed by atoms with Gasteiger partial charge in [0.2, 0.25) is 0 Å². The summed E-state index contributed by atoms with van der Waals surface area (Å²) in [6.07, 6.45) is 3.46. The molecule has 0 bridgehead atoms. The molecule has 0 fully saturated rings. The Hall–Kier alpha value is -1.55. The molecule has 118 valence electrons. The van der Waals surface area contributed by atoms with Crippen LogP contribution in [-0.2, 0) is 16.0 Å². The number of methoxy groups -OCH3 is 1. The molecule has 1 rings (SSSR count). The molecular formula is C17H27NO3. The van der Waals surface area contributed by atoms with Gasteiger partial charge in [-0.15, -0.1) is 0 Å². The third-order valence-corrected chi connectivity index (χ3v) is 3.32. The number of rotatable bonds is 10. The summed E-state index contributed by atoms with van der Waals surface area (Å²) in [7, 11) is 1.43. The van der Waals surface area contributed by atoms with Crippen molar-refractivity contribution in [2.75, 3.05) is 20.3 Å². The second-order valence-corrected chi connectivity index (χ2v) is 5.07. The molecule has 0 spiro atoms. The molecule has 0 aliphatic rings. The molecule has 1 aromatic rings. The Bertz CT molecular complexity index is 403. The fourth-order valence-electron chi connectivity index (χ4n) is 2.16. The van der Waals surface area contributed by atoms with Gasteiger partial charge in [-0.2, -0.15) is 0 Å². The maximum Gasteiger partial charge on any atom is 0.307 e. The Kier molecular flexibility index (Phi) is 8.51. The fourth-order valence-corrected chi connectivity index (χ4v) is 2.16. The van der Waals surface area contributed by atoms with Gasteiger partial charge < -0.3 is 14.8 Å². The summed E-state index contributed by atoms with van der Waals surface area (Å²) in [4.78, 5) is 11.5. The van der Waals surface area contributed by atoms with Crippen molar-refractivity contribution in [1.82, 2.24) is 5.32 Å². The number of hydrogen-bond acceptors (Lipinski definition) is 4. The van der Waals surface area contributed by atoms with Crippen LogP contribution in [0.25, 0.3) is 0 Å². The fraction of sp³-hybridized carbons (Fsp3) is 0.588. The zero-order chi connectivity index (χ0) is 15.5. The largest absolute Gasteiger partial charge is 0.494 e. The van der Waals surface area contributed by atoms with Crippen molar-refractivity contribution in [3.05, 3.63) is 29.8 Å². The van der Waals surface area contributed by atoms with Crippen LogP contribution in [0.5, 0.6) is 5.75 Å². The monoisotopic (exact) mass is 293 g/mol. The van der Waals surface area contributed by atoms with Gasteiger partial charge in [-0.1, -0.05) is 25.5 Å². The maximum absolute atomic E-state index is 11.5. The second kappa shape index (κ2) is 10.2. The summed E-state index contributed by atoms with van der Waals surface area (Å²) in [5, 5.41) is 3.44. The minimum absolute atomic E-state index is 0.113. The van der Waals surface area contributed by atoms with Crippen molar-refractivity contribution in [3.8, 4) is 5.75 Å². The first kappa shape index (κ1) is 17.5. The predicted molar refractivity (Wildman–Crippen MR) is 84.6 cm³/mol. The number of carbonyl (C=O) groups is 1. The lowest BCUT2D eigenvalue weighted by Gasteiger charge is -2.18. The number of carbonyl (C=O) groups excluding carboxylic acids is 1. The topological polar surface area (TPSA) is 47.6 Å². The van der Waals surface area contributed by atoms with E-state index in [0.717, 1.165) is 31.6 Å². The van der Waals surface area contributed by atoms with Crippen LogP contribution in [0.3, 0.4) is 0 Å². The summed E-state index contributed by atoms with van der Waals surface area (Å²) >= 11 is 0. The molecule has 1 N–H and O–H groups in total. The quantitative estimate of drug-likeness (QED) is 0.532. The number of benzene rings is 1. The molecule has 0 radical (unpaired) electrons. The number of ether oxygens (including phenoxy) is 2. The zero-order valence-corrected chi connectivity index (χ0v) is 13.4. The van der Waals surface area contributed by atoms with Gasteiger partial charge in [-0.05, 0) is 44.0 Å². The SMILES string of the molecule is CCCCNC(CC(=O)OC)Cc1ccc(OCC)cc1. The minimum Gasteiger partial charge on any atom is -0.494 e. The van der Waals surface area contributed by atoms with Gasteiger partial charge >= 0.3 is 5.97 Å². The first-order valence-electron chi connectivity index (χ1n) is 7.71. The van der Waals surface area contributed by atoms with Crippen molar-refractivity contribution >= 4 is 5.97 Å². The number of esters is 1. The van der Waals surface area contributed by atoms with Crippen LogP contribution in [-0.4, -0.2) is 32.3 Å². The molecule has 21 heavy (non-hydrogen) atoms. The maximum atomic E-state index is 11.5. The third-order valence-electron chi connectivity index (χ3n) is 3.32. The molecule has 1 atom stereocenters. The van der Waals surface area contributed by atoms with Crippen molar-refractivity contribution in [1.29, 1.82) is 0 Å². The van der Waals surface area contributed by atoms with E-state index in [2.05, 4.69) is 24.4 Å². The van der Waals surface area contributed by atoms with E-state index in [1.807, 2.05) is 19.1 Å². The molecule has 0 amide bonds. The highest BCUT2D eigenvalue weighted by atomic mass is 16.5. The Balaban J connectivity index is 2.58. The number of nitrogens with one attached hydrogen (secondary N) is 1. The summed E-state index contributed by atoms with van der Waals surface area (Å²) in [5.74, 6) is 0.708. The van der Waals surface area contributed by atoms with Crippen LogP contribution in [0.1, 0.15) is 38.7 Å². The molecule has 0 saturated heterocycles. The summed E-state index contributed by atoms with van der Waals surface area (Å²) in [6.45, 7) is 5.72. The summed E-state index contributed by atoms with van der Waals surface area (Å²) in [6, 6.07) is 8.16. The van der Waals surface area contributed by atoms with Gasteiger partial charge in [0.15, 0.2) is 0 Å². The normalized spacial score (nSPS) is 12.0. The predicted octanol–water partition coefficient (Wildman–Crippen LogP) is 2.95. The van der Waals surface area contributed by atoms with Gasteiger partial charge in [0.05, 0.1) is 20.1 Å². The lowest BCUT2D eigenvalue weighted by atomic mass is 10.0. The van der Waals surface area contributed by atoms with Gasteiger partial charge in [-0.25, -0.2) is 0 Å². The van der Waals surface area contributed by atoms with Crippen LogP contribution in [0.2, 0.25) is 0 Å². The molecular weight excluding hydrogens is 266 g/mol. The molecule has 0 aliphatic heterocycles. The highest BCUT2D eigenvalue weighted by molar-refractivity contribution is 5.70. The van der Waals surface area contributed by atoms with E-state index < -0.39 is 0 Å². The molecule has 0 saturated carbocycles. The van der Waals surface area contributed by atoms with Crippen molar-refractivity contribution in [2.24, 2.45) is 0 Å². The Morgan fingerprint density at radius 2 is 1.95 bits per heavy atom. The first-order chi connectivity index (χ1) is 10.2. The Morgan fingerprint density at radius 1 is 1.24 bits per heavy atom. The number of unbranched alkanes of at least 4 members (excludes halogenated alkanes) is 1. The molecule has 0 aliphatic carbocycles. The molecule has 4 nitrogen and oxygen atoms in total. The third kappa shape index (κ3) is 7.14. The first-order valence-corrected chi connectivity index (χ1v) is 7.71. The highest BCUT2D eigenvalue weighted by Gasteiger charge is 2.14. The lowest BCUT2D eigenvalue weighted by molar-refractivity contribution is -0.141. The second-order valence-electron chi connectivity index (χ2n) is 5.07. The van der Waals surface area contributed by atoms with Crippen molar-refractivity contribution in [3.63, 3.8) is 0 Å². The summed E-state index contributed by atoms with van der Waals surface area (Å²) in [5.41, 5.74) is 1.19. The minimum atomic E-state index is -0.171. The van der Waals surface area contributed by atoms with Gasteiger partial charge in [-0.3, -0.25) is 4.79 Å². The molecule has 1 aromatic carbocycles. The van der Waals surface area contributed by atoms with Gasteiger partial charge in [0, 0.05) is 6.04 Å². The van der Waals surface area contributed by atoms with E-state index in [4.69, 9.17) is 9.47 Å². The smallest absolute Gasteiger partial charge is 0.307 e. The molecule has 1 unspecified atom stereocenters. The van der Waals surface area contributed by atoms with Crippen LogP contribution < -0.4 is 10.1 Å². The van der Waals surface area contributed by atoms with Crippen LogP contribution in [0, 0.1) is 0 Å². The average Bonchev–Trinajstić information content (AvgIpc) is 2.49. The van der Waals surface area contributed by atoms with E-state index in [9.17, 15) is 4.79 Å². The molecule has 0 aromatic heterocycles. The van der Waals surface area contributed by atoms with E-state index in [1.165, 1.54) is 12.7 Å². The number of hydrogen-bond donors (Lipinski definition) is 1. The summed E-state index contributed by atoms with van der Waals surface area (Å²) < 4.78 is 10.2. The van der Waals surface area contributed by atoms with Crippen LogP contribution in [0.15, 0.2) is 24.3 Å². The van der Waals surface area contributed by atoms with Crippen LogP contribution >= 0.6 is 0 Å². The van der Waals surface area contributed by atoms with E-state index >= 15 is 0 Å². The van der Waals surface area contributed by atoms with E-state index in [1.54, 1.807) is 0 Å². The van der Waals surface area contributed by atoms with E-state index in [-0.39, 0.29) is 12.0 Å². The van der Waals surface area contributed by atoms with Gasteiger partial charge in [0.25, 0.3) is 0 Å². The van der Waals surface area contributed by atoms with E-state index in [0.29, 0.717) is 13.0 Å². The van der Waals surface area contributed by atoms with Gasteiger partial charge in [0.1, 0.15) is 5.75 Å². The highest BCUT2D eigenvalue weighted by Crippen LogP contribution is 2.14. The Labute approximate surface area is 127 Å². The lowest BCUT2D eigenvalue weighted by Crippen LogP contribution is -2.34. The Morgan fingerprint density at radius 3 is 2.52 bits per heavy atom. The zero-order valence-electron chi connectivity index (χ0n) is 13.4. The molecule has 4 heteroatoms. The van der Waals surface area contributed by atoms with Crippen molar-refractivity contribution in [2.45, 2.75) is 45.6 Å². The standard InChI is InChI=1S/C17H27NO3/c1-4-6-11-18-15(13-17(19)20-3)12-14-7-9-16(10-8-14)21-5-2/h7-10,15,18H,4-6,11-13H2,1-3H3.